The lowest BCUT2D eigenvalue weighted by atomic mass is 10.1. The van der Waals surface area contributed by atoms with Crippen LogP contribution in [0.25, 0.3) is 16.8 Å². The first-order chi connectivity index (χ1) is 15.1. The molecule has 0 aliphatic heterocycles. The van der Waals surface area contributed by atoms with Crippen LogP contribution < -0.4 is 10.6 Å². The van der Waals surface area contributed by atoms with Gasteiger partial charge in [-0.25, -0.2) is 0 Å². The van der Waals surface area contributed by atoms with Gasteiger partial charge in [-0.3, -0.25) is 9.59 Å². The maximum Gasteiger partial charge on any atom is 0.272 e. The fourth-order valence-electron chi connectivity index (χ4n) is 3.13. The van der Waals surface area contributed by atoms with Gasteiger partial charge < -0.3 is 10.6 Å². The van der Waals surface area contributed by atoms with Gasteiger partial charge in [0.15, 0.2) is 0 Å². The number of carbonyl (C=O) groups excluding carboxylic acids is 2. The summed E-state index contributed by atoms with van der Waals surface area (Å²) in [5.41, 5.74) is 1.97. The fraction of sp³-hybridized carbons (Fsp3) is 0. The van der Waals surface area contributed by atoms with Crippen molar-refractivity contribution in [1.82, 2.24) is 5.32 Å². The number of hydrogen-bond donors (Lipinski definition) is 2. The minimum Gasteiger partial charge on any atom is -0.321 e. The molecule has 2 amide bonds. The van der Waals surface area contributed by atoms with Crippen LogP contribution in [-0.2, 0) is 4.79 Å². The van der Waals surface area contributed by atoms with Crippen molar-refractivity contribution in [3.05, 3.63) is 119 Å². The molecule has 0 bridgehead atoms. The van der Waals surface area contributed by atoms with E-state index in [4.69, 9.17) is 11.6 Å². The Kier molecular flexibility index (Phi) is 6.11. The fourth-order valence-corrected chi connectivity index (χ4v) is 3.26. The SMILES string of the molecule is O=C(Nc1ccc2ccccc2c1)/C(=C/c1ccc(Cl)cc1)NC(=O)c1ccccc1. The van der Waals surface area contributed by atoms with Crippen LogP contribution in [0.1, 0.15) is 15.9 Å². The zero-order chi connectivity index (χ0) is 21.6. The van der Waals surface area contributed by atoms with Gasteiger partial charge in [-0.2, -0.15) is 0 Å². The Morgan fingerprint density at radius 3 is 2.16 bits per heavy atom. The summed E-state index contributed by atoms with van der Waals surface area (Å²) in [7, 11) is 0. The summed E-state index contributed by atoms with van der Waals surface area (Å²) in [5, 5.41) is 8.29. The number of anilines is 1. The van der Waals surface area contributed by atoms with Crippen molar-refractivity contribution in [1.29, 1.82) is 0 Å². The van der Waals surface area contributed by atoms with Crippen molar-refractivity contribution >= 4 is 46.0 Å². The number of fused-ring (bicyclic) bond motifs is 1. The first kappa shape index (κ1) is 20.4. The van der Waals surface area contributed by atoms with Crippen molar-refractivity contribution < 1.29 is 9.59 Å². The lowest BCUT2D eigenvalue weighted by Crippen LogP contribution is -2.30. The van der Waals surface area contributed by atoms with Crippen molar-refractivity contribution in [3.8, 4) is 0 Å². The molecular formula is C26H19ClN2O2. The van der Waals surface area contributed by atoms with Crippen LogP contribution >= 0.6 is 11.6 Å². The lowest BCUT2D eigenvalue weighted by Gasteiger charge is -2.12. The highest BCUT2D eigenvalue weighted by Gasteiger charge is 2.15. The summed E-state index contributed by atoms with van der Waals surface area (Å²) in [6, 6.07) is 29.3. The molecule has 0 aromatic heterocycles. The van der Waals surface area contributed by atoms with E-state index in [2.05, 4.69) is 10.6 Å². The Morgan fingerprint density at radius 2 is 1.42 bits per heavy atom. The zero-order valence-electron chi connectivity index (χ0n) is 16.5. The van der Waals surface area contributed by atoms with Gasteiger partial charge in [0.1, 0.15) is 5.70 Å². The molecule has 0 saturated carbocycles. The van der Waals surface area contributed by atoms with Crippen molar-refractivity contribution in [3.63, 3.8) is 0 Å². The molecular weight excluding hydrogens is 408 g/mol. The molecule has 0 fully saturated rings. The number of carbonyl (C=O) groups is 2. The van der Waals surface area contributed by atoms with Crippen molar-refractivity contribution in [2.75, 3.05) is 5.32 Å². The van der Waals surface area contributed by atoms with Crippen LogP contribution in [0.3, 0.4) is 0 Å². The zero-order valence-corrected chi connectivity index (χ0v) is 17.3. The third kappa shape index (κ3) is 5.18. The van der Waals surface area contributed by atoms with Gasteiger partial charge in [0, 0.05) is 16.3 Å². The Hall–Kier alpha value is -3.89. The van der Waals surface area contributed by atoms with Gasteiger partial charge in [-0.05, 0) is 58.8 Å². The molecule has 0 heterocycles. The van der Waals surface area contributed by atoms with Gasteiger partial charge in [0.25, 0.3) is 11.8 Å². The molecule has 152 valence electrons. The predicted octanol–water partition coefficient (Wildman–Crippen LogP) is 5.90. The molecule has 4 rings (SSSR count). The van der Waals surface area contributed by atoms with Gasteiger partial charge in [0.05, 0.1) is 0 Å². The van der Waals surface area contributed by atoms with E-state index in [9.17, 15) is 9.59 Å². The summed E-state index contributed by atoms with van der Waals surface area (Å²) >= 11 is 5.96. The maximum absolute atomic E-state index is 13.1. The average molecular weight is 427 g/mol. The second-order valence-electron chi connectivity index (χ2n) is 6.95. The highest BCUT2D eigenvalue weighted by molar-refractivity contribution is 6.30. The number of amides is 2. The molecule has 5 heteroatoms. The Labute approximate surface area is 185 Å². The van der Waals surface area contributed by atoms with Gasteiger partial charge in [-0.1, -0.05) is 72.3 Å². The predicted molar refractivity (Wildman–Crippen MR) is 126 cm³/mol. The first-order valence-electron chi connectivity index (χ1n) is 9.72. The third-order valence-corrected chi connectivity index (χ3v) is 4.97. The number of hydrogen-bond acceptors (Lipinski definition) is 2. The second-order valence-corrected chi connectivity index (χ2v) is 7.38. The number of benzene rings is 4. The van der Waals surface area contributed by atoms with E-state index in [1.807, 2.05) is 48.5 Å². The van der Waals surface area contributed by atoms with E-state index in [0.717, 1.165) is 16.3 Å². The van der Waals surface area contributed by atoms with Gasteiger partial charge in [0.2, 0.25) is 0 Å². The van der Waals surface area contributed by atoms with E-state index < -0.39 is 5.91 Å². The topological polar surface area (TPSA) is 58.2 Å². The summed E-state index contributed by atoms with van der Waals surface area (Å²) in [6.45, 7) is 0. The second kappa shape index (κ2) is 9.28. The van der Waals surface area contributed by atoms with E-state index in [0.29, 0.717) is 16.3 Å². The van der Waals surface area contributed by atoms with Gasteiger partial charge >= 0.3 is 0 Å². The Morgan fingerprint density at radius 1 is 0.742 bits per heavy atom. The molecule has 0 saturated heterocycles. The van der Waals surface area contributed by atoms with Crippen LogP contribution in [0, 0.1) is 0 Å². The molecule has 0 aliphatic rings. The molecule has 2 N–H and O–H groups in total. The van der Waals surface area contributed by atoms with Crippen LogP contribution in [0.4, 0.5) is 5.69 Å². The standard InChI is InChI=1S/C26H19ClN2O2/c27-22-13-10-18(11-14-22)16-24(29-25(30)20-7-2-1-3-8-20)26(31)28-23-15-12-19-6-4-5-9-21(19)17-23/h1-17H,(H,28,31)(H,29,30)/b24-16-. The number of nitrogens with one attached hydrogen (secondary N) is 2. The Bertz CT molecular complexity index is 1270. The van der Waals surface area contributed by atoms with E-state index in [1.54, 1.807) is 54.6 Å². The molecule has 4 aromatic carbocycles. The monoisotopic (exact) mass is 426 g/mol. The van der Waals surface area contributed by atoms with E-state index in [1.165, 1.54) is 0 Å². The van der Waals surface area contributed by atoms with Crippen LogP contribution in [-0.4, -0.2) is 11.8 Å². The molecule has 0 aliphatic carbocycles. The number of halogens is 1. The highest BCUT2D eigenvalue weighted by Crippen LogP contribution is 2.20. The Balaban J connectivity index is 1.62. The average Bonchev–Trinajstić information content (AvgIpc) is 2.80. The summed E-state index contributed by atoms with van der Waals surface area (Å²) in [6.07, 6.45) is 1.62. The van der Waals surface area contributed by atoms with Crippen LogP contribution in [0.5, 0.6) is 0 Å². The summed E-state index contributed by atoms with van der Waals surface area (Å²) in [5.74, 6) is -0.788. The molecule has 0 spiro atoms. The largest absolute Gasteiger partial charge is 0.321 e. The van der Waals surface area contributed by atoms with Gasteiger partial charge in [-0.15, -0.1) is 0 Å². The molecule has 4 aromatic rings. The quantitative estimate of drug-likeness (QED) is 0.390. The van der Waals surface area contributed by atoms with Crippen LogP contribution in [0.15, 0.2) is 103 Å². The van der Waals surface area contributed by atoms with E-state index in [-0.39, 0.29) is 11.6 Å². The highest BCUT2D eigenvalue weighted by atomic mass is 35.5. The molecule has 31 heavy (non-hydrogen) atoms. The molecule has 0 unspecified atom stereocenters. The third-order valence-electron chi connectivity index (χ3n) is 4.72. The molecule has 4 nitrogen and oxygen atoms in total. The van der Waals surface area contributed by atoms with Crippen molar-refractivity contribution in [2.45, 2.75) is 0 Å². The lowest BCUT2D eigenvalue weighted by molar-refractivity contribution is -0.113. The van der Waals surface area contributed by atoms with Crippen molar-refractivity contribution in [2.24, 2.45) is 0 Å². The van der Waals surface area contributed by atoms with Crippen LogP contribution in [0.2, 0.25) is 5.02 Å². The summed E-state index contributed by atoms with van der Waals surface area (Å²) < 4.78 is 0. The molecule has 0 atom stereocenters. The normalized spacial score (nSPS) is 11.2. The maximum atomic E-state index is 13.1. The molecule has 0 radical (unpaired) electrons. The first-order valence-corrected chi connectivity index (χ1v) is 10.1. The number of rotatable bonds is 5. The van der Waals surface area contributed by atoms with E-state index >= 15 is 0 Å². The summed E-state index contributed by atoms with van der Waals surface area (Å²) in [4.78, 5) is 25.7. The minimum atomic E-state index is -0.422. The smallest absolute Gasteiger partial charge is 0.272 e. The minimum absolute atomic E-state index is 0.129.